The van der Waals surface area contributed by atoms with Gasteiger partial charge in [-0.15, -0.1) is 11.3 Å². The summed E-state index contributed by atoms with van der Waals surface area (Å²) >= 11 is 3.07. The smallest absolute Gasteiger partial charge is 0.475 e. The van der Waals surface area contributed by atoms with E-state index < -0.39 is 17.7 Å². The summed E-state index contributed by atoms with van der Waals surface area (Å²) < 4.78 is 39.4. The van der Waals surface area contributed by atoms with Crippen molar-refractivity contribution in [2.45, 2.75) is 44.6 Å². The summed E-state index contributed by atoms with van der Waals surface area (Å²) in [6.45, 7) is 5.23. The van der Waals surface area contributed by atoms with Crippen molar-refractivity contribution in [3.8, 4) is 0 Å². The molecule has 2 aliphatic rings. The zero-order valence-electron chi connectivity index (χ0n) is 18.2. The van der Waals surface area contributed by atoms with E-state index in [0.717, 1.165) is 17.2 Å². The molecule has 1 amide bonds. The van der Waals surface area contributed by atoms with Crippen LogP contribution in [-0.2, 0) is 21.6 Å². The largest absolute Gasteiger partial charge is 0.490 e. The van der Waals surface area contributed by atoms with Gasteiger partial charge in [0, 0.05) is 29.8 Å². The molecule has 0 radical (unpaired) electrons. The number of carboxylic acid groups (broad SMARTS) is 1. The van der Waals surface area contributed by atoms with Crippen LogP contribution in [0, 0.1) is 5.92 Å². The fourth-order valence-corrected chi connectivity index (χ4v) is 5.42. The molecular weight excluding hydrogens is 497 g/mol. The number of halogens is 3. The van der Waals surface area contributed by atoms with Crippen LogP contribution in [0.2, 0.25) is 0 Å². The average Bonchev–Trinajstić information content (AvgIpc) is 3.43. The number of hydrogen-bond acceptors (Lipinski definition) is 9. The van der Waals surface area contributed by atoms with Gasteiger partial charge in [0.1, 0.15) is 16.4 Å². The molecule has 15 heteroatoms. The Balaban J connectivity index is 0.000000406. The predicted octanol–water partition coefficient (Wildman–Crippen LogP) is 2.93. The Morgan fingerprint density at radius 3 is 2.76 bits per heavy atom. The van der Waals surface area contributed by atoms with E-state index >= 15 is 0 Å². The molecule has 0 unspecified atom stereocenters. The van der Waals surface area contributed by atoms with Crippen molar-refractivity contribution < 1.29 is 32.6 Å². The normalized spacial score (nSPS) is 24.3. The van der Waals surface area contributed by atoms with Crippen LogP contribution in [0.25, 0.3) is 0 Å². The van der Waals surface area contributed by atoms with Crippen LogP contribution in [0.4, 0.5) is 19.0 Å². The number of carbonyl (C=O) groups is 2. The molecule has 3 atom stereocenters. The van der Waals surface area contributed by atoms with E-state index in [4.69, 9.17) is 25.4 Å². The van der Waals surface area contributed by atoms with E-state index in [1.165, 1.54) is 11.3 Å². The summed E-state index contributed by atoms with van der Waals surface area (Å²) in [5, 5.41) is 17.3. The summed E-state index contributed by atoms with van der Waals surface area (Å²) in [6.07, 6.45) is -0.689. The number of aliphatic carboxylic acids is 1. The number of anilines is 1. The lowest BCUT2D eigenvalue weighted by Crippen LogP contribution is -2.49. The van der Waals surface area contributed by atoms with Crippen LogP contribution >= 0.6 is 23.1 Å². The van der Waals surface area contributed by atoms with Gasteiger partial charge in [0.25, 0.3) is 5.91 Å². The molecule has 2 aromatic heterocycles. The number of nitrogens with two attached hydrogens (primary N) is 1. The van der Waals surface area contributed by atoms with E-state index in [2.05, 4.69) is 22.3 Å². The van der Waals surface area contributed by atoms with Crippen LogP contribution in [0.15, 0.2) is 22.8 Å². The third-order valence-corrected chi connectivity index (χ3v) is 7.17. The number of carbonyl (C=O) groups excluding carboxylic acids is 1. The number of hydrogen-bond donors (Lipinski definition) is 3. The minimum absolute atomic E-state index is 0.201. The molecule has 0 aromatic carbocycles. The molecule has 2 aliphatic heterocycles. The minimum Gasteiger partial charge on any atom is -0.475 e. The molecule has 2 aromatic rings. The predicted molar refractivity (Wildman–Crippen MR) is 121 cm³/mol. The van der Waals surface area contributed by atoms with Gasteiger partial charge in [-0.1, -0.05) is 11.8 Å². The molecule has 0 bridgehead atoms. The summed E-state index contributed by atoms with van der Waals surface area (Å²) in [5.41, 5.74) is 5.99. The van der Waals surface area contributed by atoms with Crippen molar-refractivity contribution in [1.29, 1.82) is 0 Å². The first-order chi connectivity index (χ1) is 15.9. The highest BCUT2D eigenvalue weighted by Gasteiger charge is 2.49. The molecule has 10 nitrogen and oxygen atoms in total. The minimum atomic E-state index is -5.08. The molecule has 4 N–H and O–H groups in total. The Morgan fingerprint density at radius 1 is 1.44 bits per heavy atom. The molecule has 0 spiro atoms. The number of nitrogens with one attached hydrogen (secondary N) is 1. The van der Waals surface area contributed by atoms with Crippen LogP contribution in [-0.4, -0.2) is 61.6 Å². The lowest BCUT2D eigenvalue weighted by atomic mass is 9.80. The highest BCUT2D eigenvalue weighted by atomic mass is 32.2. The standard InChI is InChI=1S/C17H22N6O2S2.C2HF3O2/c1-3-23-6-11(5-19-23)14(24)20-13-8-26-15(21-13)17-9-25-10(2)4-12(17)7-27-16(18)22-17;3-2(4,5)1(6)7/h5-6,8,10,12H,3-4,7,9H2,1-2H3,(H2,18,22)(H,20,24);(H,6,7)/t10-,12-,17-;/m0./s1. The van der Waals surface area contributed by atoms with Gasteiger partial charge >= 0.3 is 12.1 Å². The van der Waals surface area contributed by atoms with Gasteiger partial charge in [-0.2, -0.15) is 18.3 Å². The van der Waals surface area contributed by atoms with Crippen LogP contribution in [0.3, 0.4) is 0 Å². The van der Waals surface area contributed by atoms with E-state index in [0.29, 0.717) is 35.6 Å². The van der Waals surface area contributed by atoms with Gasteiger partial charge < -0.3 is 20.9 Å². The second kappa shape index (κ2) is 10.3. The fraction of sp³-hybridized carbons (Fsp3) is 0.526. The van der Waals surface area contributed by atoms with Crippen molar-refractivity contribution in [2.24, 2.45) is 16.6 Å². The highest BCUT2D eigenvalue weighted by Crippen LogP contribution is 2.47. The monoisotopic (exact) mass is 520 g/mol. The Labute approximate surface area is 200 Å². The van der Waals surface area contributed by atoms with Gasteiger partial charge in [0.2, 0.25) is 0 Å². The van der Waals surface area contributed by atoms with Gasteiger partial charge in [0.05, 0.1) is 24.5 Å². The molecule has 4 heterocycles. The van der Waals surface area contributed by atoms with E-state index in [-0.39, 0.29) is 12.0 Å². The highest BCUT2D eigenvalue weighted by molar-refractivity contribution is 8.13. The zero-order chi connectivity index (χ0) is 25.1. The maximum atomic E-state index is 12.4. The van der Waals surface area contributed by atoms with Crippen LogP contribution < -0.4 is 11.1 Å². The number of aromatic nitrogens is 3. The topological polar surface area (TPSA) is 145 Å². The summed E-state index contributed by atoms with van der Waals surface area (Å²) in [7, 11) is 0. The Kier molecular flexibility index (Phi) is 7.88. The summed E-state index contributed by atoms with van der Waals surface area (Å²) in [5.74, 6) is -1.25. The number of ether oxygens (including phenoxy) is 1. The molecular formula is C19H23F3N6O4S2. The van der Waals surface area contributed by atoms with Crippen LogP contribution in [0.5, 0.6) is 0 Å². The molecule has 0 aliphatic carbocycles. The molecule has 186 valence electrons. The Morgan fingerprint density at radius 2 is 2.15 bits per heavy atom. The second-order valence-corrected chi connectivity index (χ2v) is 9.52. The number of alkyl halides is 3. The average molecular weight is 521 g/mol. The number of thioether (sulfide) groups is 1. The van der Waals surface area contributed by atoms with Crippen molar-refractivity contribution in [1.82, 2.24) is 14.8 Å². The number of nitrogens with zero attached hydrogens (tertiary/aromatic N) is 4. The van der Waals surface area contributed by atoms with Crippen molar-refractivity contribution in [3.63, 3.8) is 0 Å². The van der Waals surface area contributed by atoms with E-state index in [1.54, 1.807) is 28.8 Å². The van der Waals surface area contributed by atoms with Gasteiger partial charge in [-0.3, -0.25) is 9.48 Å². The van der Waals surface area contributed by atoms with Crippen LogP contribution in [0.1, 0.15) is 35.6 Å². The van der Waals surface area contributed by atoms with E-state index in [9.17, 15) is 18.0 Å². The van der Waals surface area contributed by atoms with Crippen molar-refractivity contribution in [3.05, 3.63) is 28.3 Å². The number of rotatable bonds is 4. The molecule has 4 rings (SSSR count). The van der Waals surface area contributed by atoms with Gasteiger partial charge in [0.15, 0.2) is 5.17 Å². The molecule has 0 saturated carbocycles. The summed E-state index contributed by atoms with van der Waals surface area (Å²) in [4.78, 5) is 30.8. The first-order valence-corrected chi connectivity index (χ1v) is 12.0. The quantitative estimate of drug-likeness (QED) is 0.558. The lowest BCUT2D eigenvalue weighted by molar-refractivity contribution is -0.192. The first kappa shape index (κ1) is 26.0. The third-order valence-electron chi connectivity index (χ3n) is 5.20. The Hall–Kier alpha value is -2.65. The first-order valence-electron chi connectivity index (χ1n) is 10.1. The SMILES string of the molecule is CCn1cc(C(=O)Nc2csc([C@]34CO[C@@H](C)C[C@H]3CSC(N)=N4)n2)cn1.O=C(O)C(F)(F)F. The van der Waals surface area contributed by atoms with Crippen molar-refractivity contribution in [2.75, 3.05) is 17.7 Å². The maximum Gasteiger partial charge on any atom is 0.490 e. The number of aryl methyl sites for hydroxylation is 1. The van der Waals surface area contributed by atoms with Gasteiger partial charge in [-0.05, 0) is 20.3 Å². The number of amidine groups is 1. The lowest BCUT2D eigenvalue weighted by Gasteiger charge is -2.44. The molecule has 34 heavy (non-hydrogen) atoms. The molecule has 1 saturated heterocycles. The summed E-state index contributed by atoms with van der Waals surface area (Å²) in [6, 6.07) is 0. The number of amides is 1. The molecule has 1 fully saturated rings. The van der Waals surface area contributed by atoms with Crippen molar-refractivity contribution >= 4 is 46.0 Å². The number of fused-ring (bicyclic) bond motifs is 1. The Bertz CT molecular complexity index is 1070. The maximum absolute atomic E-state index is 12.4. The van der Waals surface area contributed by atoms with Gasteiger partial charge in [-0.25, -0.2) is 14.8 Å². The third kappa shape index (κ3) is 5.88. The second-order valence-electron chi connectivity index (χ2n) is 7.62. The van der Waals surface area contributed by atoms with E-state index in [1.807, 2.05) is 12.3 Å². The number of thiazole rings is 1. The zero-order valence-corrected chi connectivity index (χ0v) is 19.8. The number of carboxylic acids is 1. The fourth-order valence-electron chi connectivity index (χ4n) is 3.45. The number of aliphatic imine (C=N–C) groups is 1.